The summed E-state index contributed by atoms with van der Waals surface area (Å²) in [4.78, 5) is 36.0. The molecule has 0 saturated heterocycles. The van der Waals surface area contributed by atoms with Gasteiger partial charge in [0.2, 0.25) is 11.8 Å². The number of carbonyl (C=O) groups excluding carboxylic acids is 3. The van der Waals surface area contributed by atoms with E-state index in [0.717, 1.165) is 5.56 Å². The first-order valence-electron chi connectivity index (χ1n) is 11.9. The number of carbonyl (C=O) groups is 3. The Morgan fingerprint density at radius 3 is 2.28 bits per heavy atom. The first-order valence-corrected chi connectivity index (χ1v) is 11.9. The van der Waals surface area contributed by atoms with Crippen LogP contribution < -0.4 is 30.3 Å². The van der Waals surface area contributed by atoms with Crippen LogP contribution >= 0.6 is 0 Å². The van der Waals surface area contributed by atoms with Gasteiger partial charge in [-0.3, -0.25) is 14.4 Å². The molecule has 0 radical (unpaired) electrons. The van der Waals surface area contributed by atoms with Gasteiger partial charge < -0.3 is 24.8 Å². The number of hydrazone groups is 1. The molecule has 10 nitrogen and oxygen atoms in total. The molecule has 3 aromatic rings. The number of methoxy groups -OCH3 is 2. The average Bonchev–Trinajstić information content (AvgIpc) is 2.93. The number of hydrogen-bond acceptors (Lipinski definition) is 7. The van der Waals surface area contributed by atoms with E-state index in [2.05, 4.69) is 21.2 Å². The lowest BCUT2D eigenvalue weighted by Gasteiger charge is -2.10. The highest BCUT2D eigenvalue weighted by Gasteiger charge is 2.09. The van der Waals surface area contributed by atoms with Gasteiger partial charge in [0, 0.05) is 12.2 Å². The Hall–Kier alpha value is -4.93. The number of halogens is 1. The predicted octanol–water partition coefficient (Wildman–Crippen LogP) is 3.06. The Labute approximate surface area is 225 Å². The Kier molecular flexibility index (Phi) is 10.8. The molecule has 0 aromatic heterocycles. The van der Waals surface area contributed by atoms with Gasteiger partial charge in [0.05, 0.1) is 20.4 Å². The van der Waals surface area contributed by atoms with E-state index in [1.807, 2.05) is 12.1 Å². The maximum absolute atomic E-state index is 12.9. The lowest BCUT2D eigenvalue weighted by atomic mass is 10.1. The highest BCUT2D eigenvalue weighted by Crippen LogP contribution is 2.27. The Morgan fingerprint density at radius 1 is 0.872 bits per heavy atom. The Bertz CT molecular complexity index is 1300. The normalized spacial score (nSPS) is 10.5. The third kappa shape index (κ3) is 9.80. The monoisotopic (exact) mass is 536 g/mol. The molecule has 204 valence electrons. The number of ether oxygens (including phenoxy) is 3. The van der Waals surface area contributed by atoms with Gasteiger partial charge in [-0.15, -0.1) is 0 Å². The zero-order valence-electron chi connectivity index (χ0n) is 21.5. The van der Waals surface area contributed by atoms with Crippen LogP contribution in [0.5, 0.6) is 17.2 Å². The third-order valence-electron chi connectivity index (χ3n) is 5.29. The van der Waals surface area contributed by atoms with Crippen LogP contribution in [0, 0.1) is 5.82 Å². The van der Waals surface area contributed by atoms with Crippen LogP contribution in [0.2, 0.25) is 0 Å². The lowest BCUT2D eigenvalue weighted by molar-refractivity contribution is -0.129. The summed E-state index contributed by atoms with van der Waals surface area (Å²) in [7, 11) is 3.11. The quantitative estimate of drug-likeness (QED) is 0.175. The minimum Gasteiger partial charge on any atom is -0.493 e. The topological polar surface area (TPSA) is 127 Å². The number of nitrogens with zero attached hydrogens (tertiary/aromatic N) is 1. The molecule has 3 amide bonds. The molecule has 0 unspecified atom stereocenters. The smallest absolute Gasteiger partial charge is 0.262 e. The van der Waals surface area contributed by atoms with E-state index in [1.54, 1.807) is 44.6 Å². The van der Waals surface area contributed by atoms with E-state index < -0.39 is 17.6 Å². The molecule has 0 aliphatic heterocycles. The van der Waals surface area contributed by atoms with Gasteiger partial charge in [-0.2, -0.15) is 5.10 Å². The fourth-order valence-electron chi connectivity index (χ4n) is 3.34. The molecule has 0 spiro atoms. The van der Waals surface area contributed by atoms with Gasteiger partial charge in [-0.25, -0.2) is 9.82 Å². The van der Waals surface area contributed by atoms with E-state index in [1.165, 1.54) is 30.5 Å². The molecule has 0 aliphatic carbocycles. The summed E-state index contributed by atoms with van der Waals surface area (Å²) in [5.74, 6) is -0.0794. The molecule has 0 atom stereocenters. The number of amides is 3. The van der Waals surface area contributed by atoms with Gasteiger partial charge >= 0.3 is 0 Å². The van der Waals surface area contributed by atoms with Crippen LogP contribution in [-0.4, -0.2) is 51.3 Å². The molecule has 0 saturated carbocycles. The van der Waals surface area contributed by atoms with E-state index >= 15 is 0 Å². The summed E-state index contributed by atoms with van der Waals surface area (Å²) in [5.41, 5.74) is 4.39. The van der Waals surface area contributed by atoms with E-state index in [9.17, 15) is 18.8 Å². The molecular weight excluding hydrogens is 507 g/mol. The van der Waals surface area contributed by atoms with Crippen molar-refractivity contribution < 1.29 is 33.0 Å². The van der Waals surface area contributed by atoms with Gasteiger partial charge in [0.1, 0.15) is 18.0 Å². The summed E-state index contributed by atoms with van der Waals surface area (Å²) < 4.78 is 28.8. The van der Waals surface area contributed by atoms with Gasteiger partial charge in [-0.05, 0) is 78.2 Å². The SMILES string of the molecule is COc1ccc(CCNC(=O)CC(=O)N/N=C/c2ccc(OCC(=O)Nc3ccc(F)cc3)cc2)cc1OC. The second-order valence-corrected chi connectivity index (χ2v) is 8.17. The predicted molar refractivity (Wildman–Crippen MR) is 144 cm³/mol. The number of benzene rings is 3. The van der Waals surface area contributed by atoms with Gasteiger partial charge in [-0.1, -0.05) is 6.07 Å². The number of rotatable bonds is 13. The van der Waals surface area contributed by atoms with Crippen molar-refractivity contribution in [2.75, 3.05) is 32.7 Å². The summed E-state index contributed by atoms with van der Waals surface area (Å²) in [5, 5.41) is 9.15. The molecule has 0 aliphatic rings. The van der Waals surface area contributed by atoms with Crippen molar-refractivity contribution in [3.8, 4) is 17.2 Å². The maximum atomic E-state index is 12.9. The van der Waals surface area contributed by atoms with Crippen LogP contribution in [-0.2, 0) is 20.8 Å². The van der Waals surface area contributed by atoms with Crippen molar-refractivity contribution in [2.24, 2.45) is 5.10 Å². The van der Waals surface area contributed by atoms with Gasteiger partial charge in [0.25, 0.3) is 5.91 Å². The van der Waals surface area contributed by atoms with Crippen LogP contribution in [0.1, 0.15) is 17.5 Å². The first kappa shape index (κ1) is 28.6. The average molecular weight is 537 g/mol. The summed E-state index contributed by atoms with van der Waals surface area (Å²) in [6, 6.07) is 17.5. The molecule has 3 aromatic carbocycles. The minimum absolute atomic E-state index is 0.225. The summed E-state index contributed by atoms with van der Waals surface area (Å²) in [6.07, 6.45) is 1.61. The highest BCUT2D eigenvalue weighted by molar-refractivity contribution is 5.97. The van der Waals surface area contributed by atoms with E-state index in [4.69, 9.17) is 14.2 Å². The Balaban J connectivity index is 1.34. The van der Waals surface area contributed by atoms with Crippen molar-refractivity contribution in [2.45, 2.75) is 12.8 Å². The van der Waals surface area contributed by atoms with E-state index in [0.29, 0.717) is 41.5 Å². The van der Waals surface area contributed by atoms with Crippen LogP contribution in [0.25, 0.3) is 0 Å². The lowest BCUT2D eigenvalue weighted by Crippen LogP contribution is -2.31. The fraction of sp³-hybridized carbons (Fsp3) is 0.214. The molecule has 0 bridgehead atoms. The minimum atomic E-state index is -0.554. The van der Waals surface area contributed by atoms with Crippen molar-refractivity contribution in [1.82, 2.24) is 10.7 Å². The van der Waals surface area contributed by atoms with Crippen LogP contribution in [0.15, 0.2) is 71.8 Å². The Morgan fingerprint density at radius 2 is 1.59 bits per heavy atom. The van der Waals surface area contributed by atoms with Crippen LogP contribution in [0.4, 0.5) is 10.1 Å². The van der Waals surface area contributed by atoms with E-state index in [-0.39, 0.29) is 18.9 Å². The summed E-state index contributed by atoms with van der Waals surface area (Å²) in [6.45, 7) is 0.129. The largest absolute Gasteiger partial charge is 0.493 e. The summed E-state index contributed by atoms with van der Waals surface area (Å²) >= 11 is 0. The first-order chi connectivity index (χ1) is 18.9. The molecule has 0 heterocycles. The maximum Gasteiger partial charge on any atom is 0.262 e. The van der Waals surface area contributed by atoms with Crippen molar-refractivity contribution >= 4 is 29.6 Å². The fourth-order valence-corrected chi connectivity index (χ4v) is 3.34. The second kappa shape index (κ2) is 14.7. The molecule has 39 heavy (non-hydrogen) atoms. The number of hydrogen-bond donors (Lipinski definition) is 3. The highest BCUT2D eigenvalue weighted by atomic mass is 19.1. The van der Waals surface area contributed by atoms with Crippen molar-refractivity contribution in [1.29, 1.82) is 0 Å². The standard InChI is InChI=1S/C28H29FN4O6/c1-37-24-12-5-19(15-25(24)38-2)13-14-30-26(34)16-27(35)33-31-17-20-3-10-23(11-4-20)39-18-28(36)32-22-8-6-21(29)7-9-22/h3-12,15,17H,13-14,16,18H2,1-2H3,(H,30,34)(H,32,36)(H,33,35)/b31-17+. The zero-order valence-corrected chi connectivity index (χ0v) is 21.5. The second-order valence-electron chi connectivity index (χ2n) is 8.17. The molecule has 3 N–H and O–H groups in total. The van der Waals surface area contributed by atoms with Crippen molar-refractivity contribution in [3.63, 3.8) is 0 Å². The van der Waals surface area contributed by atoms with Crippen LogP contribution in [0.3, 0.4) is 0 Å². The molecule has 3 rings (SSSR count). The molecular formula is C28H29FN4O6. The zero-order chi connectivity index (χ0) is 28.0. The molecule has 0 fully saturated rings. The van der Waals surface area contributed by atoms with Crippen molar-refractivity contribution in [3.05, 3.63) is 83.7 Å². The third-order valence-corrected chi connectivity index (χ3v) is 5.29. The number of nitrogens with one attached hydrogen (secondary N) is 3. The number of anilines is 1. The van der Waals surface area contributed by atoms with Gasteiger partial charge in [0.15, 0.2) is 18.1 Å². The molecule has 11 heteroatoms.